The van der Waals surface area contributed by atoms with Crippen molar-refractivity contribution in [2.24, 2.45) is 0 Å². The number of rotatable bonds is 3. The van der Waals surface area contributed by atoms with Gasteiger partial charge in [0.25, 0.3) is 5.91 Å². The van der Waals surface area contributed by atoms with Crippen LogP contribution < -0.4 is 20.1 Å². The number of carbonyl (C=O) groups is 1. The average Bonchev–Trinajstić information content (AvgIpc) is 2.95. The Morgan fingerprint density at radius 3 is 2.45 bits per heavy atom. The standard InChI is InChI=1S/C15H14N2O3/c1-16-11-4-2-10(3-5-11)15(18)17-12-6-7-13-14(8-12)20-9-19-13/h2-8,16H,9H2,1H3,(H,17,18). The van der Waals surface area contributed by atoms with Gasteiger partial charge in [0, 0.05) is 30.1 Å². The van der Waals surface area contributed by atoms with E-state index in [-0.39, 0.29) is 12.7 Å². The Balaban J connectivity index is 1.75. The molecule has 102 valence electrons. The number of benzene rings is 2. The summed E-state index contributed by atoms with van der Waals surface area (Å²) in [5, 5.41) is 5.84. The molecule has 0 saturated heterocycles. The molecule has 0 radical (unpaired) electrons. The molecule has 0 unspecified atom stereocenters. The van der Waals surface area contributed by atoms with Gasteiger partial charge in [-0.25, -0.2) is 0 Å². The minimum absolute atomic E-state index is 0.161. The van der Waals surface area contributed by atoms with Crippen molar-refractivity contribution < 1.29 is 14.3 Å². The van der Waals surface area contributed by atoms with Crippen molar-refractivity contribution in [2.75, 3.05) is 24.5 Å². The highest BCUT2D eigenvalue weighted by molar-refractivity contribution is 6.04. The van der Waals surface area contributed by atoms with Gasteiger partial charge in [0.15, 0.2) is 11.5 Å². The van der Waals surface area contributed by atoms with Crippen molar-refractivity contribution in [1.82, 2.24) is 0 Å². The van der Waals surface area contributed by atoms with Crippen LogP contribution >= 0.6 is 0 Å². The number of fused-ring (bicyclic) bond motifs is 1. The number of amides is 1. The van der Waals surface area contributed by atoms with Crippen LogP contribution in [0.5, 0.6) is 11.5 Å². The summed E-state index contributed by atoms with van der Waals surface area (Å²) >= 11 is 0. The average molecular weight is 270 g/mol. The zero-order valence-corrected chi connectivity index (χ0v) is 11.0. The van der Waals surface area contributed by atoms with Crippen molar-refractivity contribution in [3.05, 3.63) is 48.0 Å². The lowest BCUT2D eigenvalue weighted by Gasteiger charge is -2.07. The van der Waals surface area contributed by atoms with E-state index in [0.717, 1.165) is 5.69 Å². The van der Waals surface area contributed by atoms with Gasteiger partial charge in [0.05, 0.1) is 0 Å². The molecule has 2 N–H and O–H groups in total. The Kier molecular flexibility index (Phi) is 3.16. The van der Waals surface area contributed by atoms with Gasteiger partial charge in [-0.2, -0.15) is 0 Å². The summed E-state index contributed by atoms with van der Waals surface area (Å²) in [7, 11) is 1.84. The summed E-state index contributed by atoms with van der Waals surface area (Å²) in [6.07, 6.45) is 0. The number of anilines is 2. The van der Waals surface area contributed by atoms with Gasteiger partial charge in [-0.05, 0) is 36.4 Å². The Morgan fingerprint density at radius 2 is 1.70 bits per heavy atom. The lowest BCUT2D eigenvalue weighted by atomic mass is 10.2. The fourth-order valence-corrected chi connectivity index (χ4v) is 1.97. The number of hydrogen-bond acceptors (Lipinski definition) is 4. The maximum absolute atomic E-state index is 12.1. The third-order valence-corrected chi connectivity index (χ3v) is 3.07. The van der Waals surface area contributed by atoms with Gasteiger partial charge < -0.3 is 20.1 Å². The summed E-state index contributed by atoms with van der Waals surface area (Å²) < 4.78 is 10.5. The maximum atomic E-state index is 12.1. The topological polar surface area (TPSA) is 59.6 Å². The molecule has 2 aromatic carbocycles. The zero-order chi connectivity index (χ0) is 13.9. The molecule has 1 aliphatic rings. The highest BCUT2D eigenvalue weighted by atomic mass is 16.7. The molecule has 1 aliphatic heterocycles. The SMILES string of the molecule is CNc1ccc(C(=O)Nc2ccc3c(c2)OCO3)cc1. The van der Waals surface area contributed by atoms with Crippen LogP contribution in [0.3, 0.4) is 0 Å². The summed E-state index contributed by atoms with van der Waals surface area (Å²) in [6.45, 7) is 0.220. The van der Waals surface area contributed by atoms with Crippen LogP contribution in [0.25, 0.3) is 0 Å². The summed E-state index contributed by atoms with van der Waals surface area (Å²) in [5.41, 5.74) is 2.24. The molecular formula is C15H14N2O3. The molecule has 2 aromatic rings. The first kappa shape index (κ1) is 12.3. The molecule has 1 amide bonds. The van der Waals surface area contributed by atoms with Crippen LogP contribution in [-0.2, 0) is 0 Å². The van der Waals surface area contributed by atoms with Crippen LogP contribution in [0.1, 0.15) is 10.4 Å². The number of carbonyl (C=O) groups excluding carboxylic acids is 1. The van der Waals surface area contributed by atoms with Gasteiger partial charge in [-0.3, -0.25) is 4.79 Å². The van der Waals surface area contributed by atoms with Crippen molar-refractivity contribution in [2.45, 2.75) is 0 Å². The Hall–Kier alpha value is -2.69. The first-order chi connectivity index (χ1) is 9.76. The number of nitrogens with one attached hydrogen (secondary N) is 2. The molecule has 1 heterocycles. The highest BCUT2D eigenvalue weighted by Gasteiger charge is 2.14. The van der Waals surface area contributed by atoms with E-state index >= 15 is 0 Å². The minimum atomic E-state index is -0.161. The molecule has 0 bridgehead atoms. The summed E-state index contributed by atoms with van der Waals surface area (Å²) in [6, 6.07) is 12.6. The predicted octanol–water partition coefficient (Wildman–Crippen LogP) is 2.71. The quantitative estimate of drug-likeness (QED) is 0.900. The van der Waals surface area contributed by atoms with Crippen molar-refractivity contribution in [3.63, 3.8) is 0 Å². The third-order valence-electron chi connectivity index (χ3n) is 3.07. The van der Waals surface area contributed by atoms with E-state index in [9.17, 15) is 4.79 Å². The molecule has 0 spiro atoms. The second-order valence-electron chi connectivity index (χ2n) is 4.35. The predicted molar refractivity (Wildman–Crippen MR) is 76.5 cm³/mol. The Bertz CT molecular complexity index is 638. The molecule has 0 atom stereocenters. The van der Waals surface area contributed by atoms with Gasteiger partial charge in [-0.1, -0.05) is 0 Å². The maximum Gasteiger partial charge on any atom is 0.255 e. The lowest BCUT2D eigenvalue weighted by Crippen LogP contribution is -2.11. The number of ether oxygens (including phenoxy) is 2. The molecule has 0 aromatic heterocycles. The fraction of sp³-hybridized carbons (Fsp3) is 0.133. The molecule has 0 fully saturated rings. The van der Waals surface area contributed by atoms with E-state index in [1.165, 1.54) is 0 Å². The van der Waals surface area contributed by atoms with E-state index in [4.69, 9.17) is 9.47 Å². The van der Waals surface area contributed by atoms with Gasteiger partial charge in [0.1, 0.15) is 0 Å². The first-order valence-corrected chi connectivity index (χ1v) is 6.25. The summed E-state index contributed by atoms with van der Waals surface area (Å²) in [5.74, 6) is 1.18. The molecular weight excluding hydrogens is 256 g/mol. The second kappa shape index (κ2) is 5.13. The molecule has 20 heavy (non-hydrogen) atoms. The van der Waals surface area contributed by atoms with Gasteiger partial charge in [0.2, 0.25) is 6.79 Å². The molecule has 0 aliphatic carbocycles. The first-order valence-electron chi connectivity index (χ1n) is 6.25. The molecule has 5 heteroatoms. The van der Waals surface area contributed by atoms with Crippen LogP contribution in [0.15, 0.2) is 42.5 Å². The molecule has 3 rings (SSSR count). The zero-order valence-electron chi connectivity index (χ0n) is 11.0. The van der Waals surface area contributed by atoms with Crippen LogP contribution in [-0.4, -0.2) is 19.7 Å². The van der Waals surface area contributed by atoms with Gasteiger partial charge >= 0.3 is 0 Å². The molecule has 0 saturated carbocycles. The van der Waals surface area contributed by atoms with E-state index < -0.39 is 0 Å². The second-order valence-corrected chi connectivity index (χ2v) is 4.35. The van der Waals surface area contributed by atoms with E-state index in [1.807, 2.05) is 19.2 Å². The lowest BCUT2D eigenvalue weighted by molar-refractivity contribution is 0.102. The van der Waals surface area contributed by atoms with E-state index in [2.05, 4.69) is 10.6 Å². The third kappa shape index (κ3) is 2.38. The van der Waals surface area contributed by atoms with Crippen LogP contribution in [0.4, 0.5) is 11.4 Å². The van der Waals surface area contributed by atoms with E-state index in [1.54, 1.807) is 30.3 Å². The fourth-order valence-electron chi connectivity index (χ4n) is 1.97. The molecule has 5 nitrogen and oxygen atoms in total. The highest BCUT2D eigenvalue weighted by Crippen LogP contribution is 2.34. The minimum Gasteiger partial charge on any atom is -0.454 e. The van der Waals surface area contributed by atoms with Crippen LogP contribution in [0.2, 0.25) is 0 Å². The number of hydrogen-bond donors (Lipinski definition) is 2. The van der Waals surface area contributed by atoms with E-state index in [0.29, 0.717) is 22.7 Å². The Morgan fingerprint density at radius 1 is 1.00 bits per heavy atom. The normalized spacial score (nSPS) is 12.1. The largest absolute Gasteiger partial charge is 0.454 e. The smallest absolute Gasteiger partial charge is 0.255 e. The van der Waals surface area contributed by atoms with Gasteiger partial charge in [-0.15, -0.1) is 0 Å². The van der Waals surface area contributed by atoms with Crippen molar-refractivity contribution in [1.29, 1.82) is 0 Å². The van der Waals surface area contributed by atoms with Crippen molar-refractivity contribution in [3.8, 4) is 11.5 Å². The van der Waals surface area contributed by atoms with Crippen molar-refractivity contribution >= 4 is 17.3 Å². The summed E-state index contributed by atoms with van der Waals surface area (Å²) in [4.78, 5) is 12.1. The Labute approximate surface area is 116 Å². The van der Waals surface area contributed by atoms with Crippen LogP contribution in [0, 0.1) is 0 Å². The monoisotopic (exact) mass is 270 g/mol.